The third kappa shape index (κ3) is 3.84. The fourth-order valence-corrected chi connectivity index (χ4v) is 3.30. The van der Waals surface area contributed by atoms with E-state index in [0.29, 0.717) is 12.6 Å². The maximum absolute atomic E-state index is 5.59. The lowest BCUT2D eigenvalue weighted by atomic mass is 10.0. The van der Waals surface area contributed by atoms with Crippen LogP contribution in [0.3, 0.4) is 0 Å². The van der Waals surface area contributed by atoms with E-state index in [-0.39, 0.29) is 0 Å². The Morgan fingerprint density at radius 1 is 1.15 bits per heavy atom. The summed E-state index contributed by atoms with van der Waals surface area (Å²) in [4.78, 5) is 2.89. The molecule has 2 aromatic rings. The number of ether oxygens (including phenoxy) is 1. The molecule has 1 aromatic heterocycles. The first kappa shape index (κ1) is 15.1. The minimum absolute atomic E-state index is 0.332. The summed E-state index contributed by atoms with van der Waals surface area (Å²) >= 11 is 1.91. The van der Waals surface area contributed by atoms with Crippen molar-refractivity contribution in [3.63, 3.8) is 0 Å². The van der Waals surface area contributed by atoms with Gasteiger partial charge in [-0.3, -0.25) is 0 Å². The highest BCUT2D eigenvalue weighted by Gasteiger charge is 2.12. The van der Waals surface area contributed by atoms with Crippen LogP contribution in [0.5, 0.6) is 5.75 Å². The molecule has 108 valence electrons. The Morgan fingerprint density at radius 3 is 2.60 bits per heavy atom. The number of hydrogen-bond acceptors (Lipinski definition) is 3. The number of benzene rings is 1. The van der Waals surface area contributed by atoms with Crippen LogP contribution in [0.4, 0.5) is 0 Å². The summed E-state index contributed by atoms with van der Waals surface area (Å²) in [5, 5.41) is 3.41. The lowest BCUT2D eigenvalue weighted by molar-refractivity contribution is 0.339. The SMILES string of the molecule is CCOc1cccc(C(Cc2ccc(CC)s2)NC)c1. The Bertz CT molecular complexity index is 535. The van der Waals surface area contributed by atoms with E-state index in [1.807, 2.05) is 31.4 Å². The van der Waals surface area contributed by atoms with Gasteiger partial charge in [0.25, 0.3) is 0 Å². The summed E-state index contributed by atoms with van der Waals surface area (Å²) in [7, 11) is 2.02. The van der Waals surface area contributed by atoms with Crippen molar-refractivity contribution in [2.24, 2.45) is 0 Å². The van der Waals surface area contributed by atoms with Crippen LogP contribution in [-0.4, -0.2) is 13.7 Å². The van der Waals surface area contributed by atoms with Gasteiger partial charge in [0.05, 0.1) is 6.61 Å². The second-order valence-corrected chi connectivity index (χ2v) is 6.03. The number of thiophene rings is 1. The summed E-state index contributed by atoms with van der Waals surface area (Å²) in [6.45, 7) is 4.93. The molecule has 0 fully saturated rings. The topological polar surface area (TPSA) is 21.3 Å². The van der Waals surface area contributed by atoms with Crippen LogP contribution in [0, 0.1) is 0 Å². The maximum Gasteiger partial charge on any atom is 0.119 e. The van der Waals surface area contributed by atoms with Crippen molar-refractivity contribution in [3.05, 3.63) is 51.7 Å². The largest absolute Gasteiger partial charge is 0.494 e. The molecule has 0 aliphatic rings. The Hall–Kier alpha value is -1.32. The highest BCUT2D eigenvalue weighted by molar-refractivity contribution is 7.11. The fourth-order valence-electron chi connectivity index (χ4n) is 2.30. The van der Waals surface area contributed by atoms with Gasteiger partial charge in [0.2, 0.25) is 0 Å². The third-order valence-corrected chi connectivity index (χ3v) is 4.64. The van der Waals surface area contributed by atoms with Crippen molar-refractivity contribution in [2.45, 2.75) is 32.7 Å². The van der Waals surface area contributed by atoms with E-state index in [9.17, 15) is 0 Å². The maximum atomic E-state index is 5.59. The van der Waals surface area contributed by atoms with E-state index in [4.69, 9.17) is 4.74 Å². The second kappa shape index (κ2) is 7.46. The summed E-state index contributed by atoms with van der Waals surface area (Å²) in [6, 6.07) is 13.2. The van der Waals surface area contributed by atoms with Crippen LogP contribution in [0.15, 0.2) is 36.4 Å². The average Bonchev–Trinajstić information content (AvgIpc) is 2.93. The molecule has 1 unspecified atom stereocenters. The van der Waals surface area contributed by atoms with Crippen LogP contribution >= 0.6 is 11.3 Å². The number of nitrogens with one attached hydrogen (secondary N) is 1. The average molecular weight is 289 g/mol. The molecule has 20 heavy (non-hydrogen) atoms. The van der Waals surface area contributed by atoms with Crippen LogP contribution in [0.1, 0.15) is 35.2 Å². The number of likely N-dealkylation sites (N-methyl/N-ethyl adjacent to an activating group) is 1. The molecule has 0 aliphatic carbocycles. The summed E-state index contributed by atoms with van der Waals surface area (Å²) < 4.78 is 5.59. The first-order chi connectivity index (χ1) is 9.76. The fraction of sp³-hybridized carbons (Fsp3) is 0.412. The van der Waals surface area contributed by atoms with Crippen molar-refractivity contribution in [1.82, 2.24) is 5.32 Å². The highest BCUT2D eigenvalue weighted by Crippen LogP contribution is 2.26. The van der Waals surface area contributed by atoms with Gasteiger partial charge in [0.15, 0.2) is 0 Å². The molecule has 1 atom stereocenters. The normalized spacial score (nSPS) is 12.3. The van der Waals surface area contributed by atoms with Crippen LogP contribution < -0.4 is 10.1 Å². The molecule has 2 nitrogen and oxygen atoms in total. The van der Waals surface area contributed by atoms with Gasteiger partial charge in [0, 0.05) is 22.2 Å². The van der Waals surface area contributed by atoms with Gasteiger partial charge in [-0.2, -0.15) is 0 Å². The Balaban J connectivity index is 2.12. The molecule has 2 rings (SSSR count). The van der Waals surface area contributed by atoms with Gasteiger partial charge in [-0.15, -0.1) is 11.3 Å². The van der Waals surface area contributed by atoms with Crippen molar-refractivity contribution in [3.8, 4) is 5.75 Å². The Morgan fingerprint density at radius 2 is 1.95 bits per heavy atom. The van der Waals surface area contributed by atoms with Crippen molar-refractivity contribution < 1.29 is 4.74 Å². The van der Waals surface area contributed by atoms with Gasteiger partial charge >= 0.3 is 0 Å². The van der Waals surface area contributed by atoms with Gasteiger partial charge in [-0.05, 0) is 50.2 Å². The minimum atomic E-state index is 0.332. The molecule has 0 amide bonds. The van der Waals surface area contributed by atoms with Crippen molar-refractivity contribution in [1.29, 1.82) is 0 Å². The third-order valence-electron chi connectivity index (χ3n) is 3.39. The summed E-state index contributed by atoms with van der Waals surface area (Å²) in [5.74, 6) is 0.950. The number of hydrogen-bond donors (Lipinski definition) is 1. The van der Waals surface area contributed by atoms with Gasteiger partial charge in [-0.25, -0.2) is 0 Å². The quantitative estimate of drug-likeness (QED) is 0.824. The van der Waals surface area contributed by atoms with E-state index >= 15 is 0 Å². The number of rotatable bonds is 7. The molecule has 1 aromatic carbocycles. The lowest BCUT2D eigenvalue weighted by Gasteiger charge is -2.17. The Kier molecular flexibility index (Phi) is 5.62. The lowest BCUT2D eigenvalue weighted by Crippen LogP contribution is -2.18. The molecule has 0 saturated heterocycles. The monoisotopic (exact) mass is 289 g/mol. The smallest absolute Gasteiger partial charge is 0.119 e. The standard InChI is InChI=1S/C17H23NOS/c1-4-15-9-10-16(20-15)12-17(18-3)13-7-6-8-14(11-13)19-5-2/h6-11,17-18H,4-5,12H2,1-3H3. The zero-order valence-corrected chi connectivity index (χ0v) is 13.3. The van der Waals surface area contributed by atoms with Crippen molar-refractivity contribution in [2.75, 3.05) is 13.7 Å². The predicted octanol–water partition coefficient (Wildman–Crippen LogP) is 4.21. The first-order valence-electron chi connectivity index (χ1n) is 7.24. The van der Waals surface area contributed by atoms with Crippen LogP contribution in [0.25, 0.3) is 0 Å². The molecule has 0 bridgehead atoms. The van der Waals surface area contributed by atoms with Crippen LogP contribution in [0.2, 0.25) is 0 Å². The molecular formula is C17H23NOS. The molecule has 0 saturated carbocycles. The zero-order valence-electron chi connectivity index (χ0n) is 12.5. The zero-order chi connectivity index (χ0) is 14.4. The van der Waals surface area contributed by atoms with E-state index in [1.54, 1.807) is 0 Å². The molecule has 0 spiro atoms. The van der Waals surface area contributed by atoms with E-state index in [2.05, 4.69) is 42.6 Å². The minimum Gasteiger partial charge on any atom is -0.494 e. The van der Waals surface area contributed by atoms with Crippen LogP contribution in [-0.2, 0) is 12.8 Å². The Labute approximate surface area is 125 Å². The first-order valence-corrected chi connectivity index (χ1v) is 8.06. The molecule has 0 aliphatic heterocycles. The molecule has 0 radical (unpaired) electrons. The van der Waals surface area contributed by atoms with Crippen molar-refractivity contribution >= 4 is 11.3 Å². The summed E-state index contributed by atoms with van der Waals surface area (Å²) in [6.07, 6.45) is 2.14. The summed E-state index contributed by atoms with van der Waals surface area (Å²) in [5.41, 5.74) is 1.28. The second-order valence-electron chi connectivity index (χ2n) is 4.77. The molecular weight excluding hydrogens is 266 g/mol. The molecule has 1 heterocycles. The predicted molar refractivity (Wildman–Crippen MR) is 86.8 cm³/mol. The van der Waals surface area contributed by atoms with E-state index in [1.165, 1.54) is 15.3 Å². The highest BCUT2D eigenvalue weighted by atomic mass is 32.1. The van der Waals surface area contributed by atoms with Gasteiger partial charge in [-0.1, -0.05) is 19.1 Å². The van der Waals surface area contributed by atoms with Gasteiger partial charge < -0.3 is 10.1 Å². The molecule has 3 heteroatoms. The number of aryl methyl sites for hydroxylation is 1. The van der Waals surface area contributed by atoms with E-state index in [0.717, 1.165) is 18.6 Å². The van der Waals surface area contributed by atoms with E-state index < -0.39 is 0 Å². The van der Waals surface area contributed by atoms with Gasteiger partial charge in [0.1, 0.15) is 5.75 Å². The molecule has 1 N–H and O–H groups in total.